The lowest BCUT2D eigenvalue weighted by Gasteiger charge is -2.21. The predicted octanol–water partition coefficient (Wildman–Crippen LogP) is 3.55. The minimum Gasteiger partial charge on any atom is -0.445 e. The second-order valence-electron chi connectivity index (χ2n) is 5.95. The summed E-state index contributed by atoms with van der Waals surface area (Å²) >= 11 is 0. The Bertz CT molecular complexity index is 454. The van der Waals surface area contributed by atoms with E-state index in [0.717, 1.165) is 5.56 Å². The fraction of sp³-hybridized carbons (Fsp3) is 0.529. The first kappa shape index (κ1) is 17.2. The molecule has 0 aliphatic carbocycles. The normalized spacial score (nSPS) is 12.3. The summed E-state index contributed by atoms with van der Waals surface area (Å²) in [5.74, 6) is 0.260. The highest BCUT2D eigenvalue weighted by Gasteiger charge is 2.24. The second kappa shape index (κ2) is 8.45. The Morgan fingerprint density at radius 2 is 1.71 bits per heavy atom. The zero-order chi connectivity index (χ0) is 15.8. The molecule has 4 nitrogen and oxygen atoms in total. The van der Waals surface area contributed by atoms with Crippen LogP contribution in [0.25, 0.3) is 0 Å². The van der Waals surface area contributed by atoms with E-state index in [1.54, 1.807) is 0 Å². The molecule has 0 aliphatic heterocycles. The van der Waals surface area contributed by atoms with E-state index in [1.807, 2.05) is 58.0 Å². The average Bonchev–Trinajstić information content (AvgIpc) is 2.44. The monoisotopic (exact) mass is 291 g/mol. The molecular formula is C17H25NO3. The highest BCUT2D eigenvalue weighted by molar-refractivity contribution is 5.88. The van der Waals surface area contributed by atoms with Crippen LogP contribution in [0.4, 0.5) is 4.79 Å². The molecule has 1 amide bonds. The average molecular weight is 291 g/mol. The van der Waals surface area contributed by atoms with Crippen LogP contribution >= 0.6 is 0 Å². The van der Waals surface area contributed by atoms with Crippen molar-refractivity contribution in [3.63, 3.8) is 0 Å². The molecule has 0 radical (unpaired) electrons. The van der Waals surface area contributed by atoms with Crippen LogP contribution in [0.1, 0.15) is 39.7 Å². The third kappa shape index (κ3) is 6.43. The van der Waals surface area contributed by atoms with Gasteiger partial charge in [-0.15, -0.1) is 0 Å². The number of hydrogen-bond donors (Lipinski definition) is 1. The number of carbonyl (C=O) groups excluding carboxylic acids is 2. The maximum Gasteiger partial charge on any atom is 0.408 e. The number of Topliss-reactive ketones (excluding diaryl/α,β-unsaturated/α-hetero) is 1. The molecule has 0 aliphatic rings. The van der Waals surface area contributed by atoms with E-state index in [0.29, 0.717) is 12.3 Å². The van der Waals surface area contributed by atoms with Crippen molar-refractivity contribution in [1.29, 1.82) is 0 Å². The molecule has 0 unspecified atom stereocenters. The number of benzene rings is 1. The van der Waals surface area contributed by atoms with Crippen LogP contribution < -0.4 is 5.32 Å². The van der Waals surface area contributed by atoms with E-state index in [-0.39, 0.29) is 18.3 Å². The number of ether oxygens (including phenoxy) is 1. The fourth-order valence-electron chi connectivity index (χ4n) is 2.03. The van der Waals surface area contributed by atoms with Crippen LogP contribution in [0.2, 0.25) is 0 Å². The predicted molar refractivity (Wildman–Crippen MR) is 82.9 cm³/mol. The van der Waals surface area contributed by atoms with Crippen molar-refractivity contribution >= 4 is 11.9 Å². The van der Waals surface area contributed by atoms with Gasteiger partial charge < -0.3 is 10.1 Å². The Morgan fingerprint density at radius 3 is 2.24 bits per heavy atom. The summed E-state index contributed by atoms with van der Waals surface area (Å²) < 4.78 is 5.17. The number of nitrogens with one attached hydrogen (secondary N) is 1. The Kier molecular flexibility index (Phi) is 6.92. The van der Waals surface area contributed by atoms with Gasteiger partial charge >= 0.3 is 6.09 Å². The van der Waals surface area contributed by atoms with Crippen LogP contribution in [0.3, 0.4) is 0 Å². The summed E-state index contributed by atoms with van der Waals surface area (Å²) in [5, 5.41) is 2.69. The molecule has 0 saturated heterocycles. The molecule has 1 aromatic carbocycles. The highest BCUT2D eigenvalue weighted by Crippen LogP contribution is 2.11. The lowest BCUT2D eigenvalue weighted by molar-refractivity contribution is -0.124. The van der Waals surface area contributed by atoms with E-state index in [4.69, 9.17) is 4.74 Å². The molecule has 0 spiro atoms. The molecule has 0 saturated carbocycles. The van der Waals surface area contributed by atoms with Gasteiger partial charge in [0.2, 0.25) is 0 Å². The molecule has 0 fully saturated rings. The maximum absolute atomic E-state index is 12.1. The minimum absolute atomic E-state index is 0.0420. The van der Waals surface area contributed by atoms with E-state index in [2.05, 4.69) is 5.32 Å². The number of alkyl carbamates (subject to hydrolysis) is 1. The van der Waals surface area contributed by atoms with Gasteiger partial charge in [-0.25, -0.2) is 4.79 Å². The first-order valence-corrected chi connectivity index (χ1v) is 7.41. The van der Waals surface area contributed by atoms with Gasteiger partial charge in [-0.3, -0.25) is 4.79 Å². The van der Waals surface area contributed by atoms with Gasteiger partial charge in [0.1, 0.15) is 6.61 Å². The summed E-state index contributed by atoms with van der Waals surface area (Å²) in [6, 6.07) is 8.98. The first-order valence-electron chi connectivity index (χ1n) is 7.41. The van der Waals surface area contributed by atoms with Crippen LogP contribution in [-0.2, 0) is 16.1 Å². The molecule has 21 heavy (non-hydrogen) atoms. The maximum atomic E-state index is 12.1. The lowest BCUT2D eigenvalue weighted by Crippen LogP contribution is -2.43. The van der Waals surface area contributed by atoms with Crippen LogP contribution in [0.5, 0.6) is 0 Å². The number of amides is 1. The van der Waals surface area contributed by atoms with Gasteiger partial charge in [0.25, 0.3) is 0 Å². The quantitative estimate of drug-likeness (QED) is 0.835. The second-order valence-corrected chi connectivity index (χ2v) is 5.95. The molecule has 1 N–H and O–H groups in total. The number of carbonyl (C=O) groups is 2. The zero-order valence-corrected chi connectivity index (χ0v) is 13.3. The molecule has 0 aromatic heterocycles. The summed E-state index contributed by atoms with van der Waals surface area (Å²) in [7, 11) is 0. The van der Waals surface area contributed by atoms with E-state index in [9.17, 15) is 9.59 Å². The van der Waals surface area contributed by atoms with Crippen LogP contribution in [-0.4, -0.2) is 17.9 Å². The molecule has 1 atom stereocenters. The van der Waals surface area contributed by atoms with Gasteiger partial charge in [-0.05, 0) is 17.9 Å². The van der Waals surface area contributed by atoms with Crippen LogP contribution in [0.15, 0.2) is 30.3 Å². The van der Waals surface area contributed by atoms with E-state index < -0.39 is 12.1 Å². The molecule has 0 bridgehead atoms. The third-order valence-electron chi connectivity index (χ3n) is 3.12. The van der Waals surface area contributed by atoms with Crippen molar-refractivity contribution in [2.75, 3.05) is 0 Å². The molecule has 116 valence electrons. The lowest BCUT2D eigenvalue weighted by atomic mass is 9.94. The summed E-state index contributed by atoms with van der Waals surface area (Å²) in [6.07, 6.45) is 0.0794. The van der Waals surface area contributed by atoms with E-state index in [1.165, 1.54) is 0 Å². The van der Waals surface area contributed by atoms with Crippen molar-refractivity contribution in [2.24, 2.45) is 11.8 Å². The molecule has 0 heterocycles. The largest absolute Gasteiger partial charge is 0.445 e. The van der Waals surface area contributed by atoms with Gasteiger partial charge in [-0.1, -0.05) is 58.0 Å². The number of hydrogen-bond acceptors (Lipinski definition) is 3. The topological polar surface area (TPSA) is 55.4 Å². The Balaban J connectivity index is 2.53. The fourth-order valence-corrected chi connectivity index (χ4v) is 2.03. The van der Waals surface area contributed by atoms with Crippen molar-refractivity contribution in [2.45, 2.75) is 46.8 Å². The molecule has 1 rings (SSSR count). The number of rotatable bonds is 7. The molecule has 4 heteroatoms. The molecular weight excluding hydrogens is 266 g/mol. The van der Waals surface area contributed by atoms with Crippen molar-refractivity contribution in [3.05, 3.63) is 35.9 Å². The van der Waals surface area contributed by atoms with Crippen LogP contribution in [0, 0.1) is 11.8 Å². The van der Waals surface area contributed by atoms with Gasteiger partial charge in [0, 0.05) is 5.92 Å². The smallest absolute Gasteiger partial charge is 0.408 e. The zero-order valence-electron chi connectivity index (χ0n) is 13.3. The Hall–Kier alpha value is -1.84. The molecule has 1 aromatic rings. The third-order valence-corrected chi connectivity index (χ3v) is 3.12. The SMILES string of the molecule is CC(C)C[C@H](NC(=O)OCc1ccccc1)C(=O)C(C)C. The van der Waals surface area contributed by atoms with Gasteiger partial charge in [0.15, 0.2) is 5.78 Å². The minimum atomic E-state index is -0.543. The summed E-state index contributed by atoms with van der Waals surface area (Å²) in [4.78, 5) is 24.0. The highest BCUT2D eigenvalue weighted by atomic mass is 16.5. The van der Waals surface area contributed by atoms with E-state index >= 15 is 0 Å². The Morgan fingerprint density at radius 1 is 1.10 bits per heavy atom. The van der Waals surface area contributed by atoms with Crippen molar-refractivity contribution < 1.29 is 14.3 Å². The standard InChI is InChI=1S/C17H25NO3/c1-12(2)10-15(16(19)13(3)4)18-17(20)21-11-14-8-6-5-7-9-14/h5-9,12-13,15H,10-11H2,1-4H3,(H,18,20)/t15-/m0/s1. The Labute approximate surface area is 126 Å². The number of ketones is 1. The van der Waals surface area contributed by atoms with Crippen molar-refractivity contribution in [3.8, 4) is 0 Å². The summed E-state index contributed by atoms with van der Waals surface area (Å²) in [5.41, 5.74) is 0.920. The first-order chi connectivity index (χ1) is 9.90. The van der Waals surface area contributed by atoms with Gasteiger partial charge in [0.05, 0.1) is 6.04 Å². The summed E-state index contributed by atoms with van der Waals surface area (Å²) in [6.45, 7) is 7.94. The van der Waals surface area contributed by atoms with Crippen molar-refractivity contribution in [1.82, 2.24) is 5.32 Å². The van der Waals surface area contributed by atoms with Gasteiger partial charge in [-0.2, -0.15) is 0 Å².